The molecule has 0 bridgehead atoms. The molecule has 0 aliphatic carbocycles. The van der Waals surface area contributed by atoms with Crippen molar-refractivity contribution in [2.24, 2.45) is 5.73 Å². The van der Waals surface area contributed by atoms with Gasteiger partial charge in [-0.05, 0) is 12.1 Å². The van der Waals surface area contributed by atoms with Gasteiger partial charge in [0, 0.05) is 19.5 Å². The van der Waals surface area contributed by atoms with Gasteiger partial charge in [0.1, 0.15) is 11.7 Å². The second-order valence-corrected chi connectivity index (χ2v) is 3.98. The highest BCUT2D eigenvalue weighted by atomic mass is 16.5. The molecule has 2 aromatic heterocycles. The molecule has 0 spiro atoms. The fourth-order valence-electron chi connectivity index (χ4n) is 1.64. The Kier molecular flexibility index (Phi) is 3.91. The number of nitrogens with one attached hydrogen (secondary N) is 1. The zero-order valence-electron chi connectivity index (χ0n) is 10.2. The Bertz CT molecular complexity index is 505. The third-order valence-electron chi connectivity index (χ3n) is 2.54. The summed E-state index contributed by atoms with van der Waals surface area (Å²) in [6.45, 7) is 0.564. The van der Waals surface area contributed by atoms with Crippen molar-refractivity contribution in [1.29, 1.82) is 0 Å². The third kappa shape index (κ3) is 2.85. The molecule has 2 heterocycles. The van der Waals surface area contributed by atoms with Crippen LogP contribution in [0.1, 0.15) is 5.69 Å². The van der Waals surface area contributed by atoms with Crippen LogP contribution in [0.15, 0.2) is 30.6 Å². The maximum Gasteiger partial charge on any atom is 0.239 e. The first kappa shape index (κ1) is 12.5. The summed E-state index contributed by atoms with van der Waals surface area (Å²) in [6, 6.07) is 5.10. The van der Waals surface area contributed by atoms with Crippen molar-refractivity contribution in [2.45, 2.75) is 12.6 Å². The van der Waals surface area contributed by atoms with Crippen molar-refractivity contribution in [2.75, 3.05) is 13.7 Å². The lowest BCUT2D eigenvalue weighted by Crippen LogP contribution is -2.43. The van der Waals surface area contributed by atoms with E-state index in [1.165, 1.54) is 7.11 Å². The van der Waals surface area contributed by atoms with Crippen LogP contribution in [0, 0.1) is 0 Å². The van der Waals surface area contributed by atoms with E-state index >= 15 is 0 Å². The van der Waals surface area contributed by atoms with Gasteiger partial charge in [-0.2, -0.15) is 0 Å². The van der Waals surface area contributed by atoms with Gasteiger partial charge in [0.25, 0.3) is 0 Å². The standard InChI is InChI=1S/C12H16N4O2/c1-18-8-10(13)12(17)14-6-9-7-16-5-3-2-4-11(16)15-9/h2-5,7,10H,6,8,13H2,1H3,(H,14,17). The minimum absolute atomic E-state index is 0.205. The van der Waals surface area contributed by atoms with Gasteiger partial charge in [-0.15, -0.1) is 0 Å². The largest absolute Gasteiger partial charge is 0.383 e. The van der Waals surface area contributed by atoms with Gasteiger partial charge in [-0.25, -0.2) is 4.98 Å². The maximum atomic E-state index is 11.6. The summed E-state index contributed by atoms with van der Waals surface area (Å²) in [5, 5.41) is 2.72. The number of fused-ring (bicyclic) bond motifs is 1. The minimum Gasteiger partial charge on any atom is -0.383 e. The molecule has 0 fully saturated rings. The summed E-state index contributed by atoms with van der Waals surface area (Å²) in [5.41, 5.74) is 7.25. The minimum atomic E-state index is -0.646. The Morgan fingerprint density at radius 1 is 1.61 bits per heavy atom. The predicted molar refractivity (Wildman–Crippen MR) is 66.9 cm³/mol. The number of nitrogens with zero attached hydrogens (tertiary/aromatic N) is 2. The van der Waals surface area contributed by atoms with Crippen LogP contribution in [0.3, 0.4) is 0 Å². The lowest BCUT2D eigenvalue weighted by atomic mass is 10.3. The molecule has 0 saturated carbocycles. The molecule has 0 saturated heterocycles. The number of rotatable bonds is 5. The number of carbonyl (C=O) groups excluding carboxylic acids is 1. The molecule has 96 valence electrons. The molecule has 3 N–H and O–H groups in total. The van der Waals surface area contributed by atoms with Crippen LogP contribution in [0.4, 0.5) is 0 Å². The highest BCUT2D eigenvalue weighted by molar-refractivity contribution is 5.81. The molecular weight excluding hydrogens is 232 g/mol. The van der Waals surface area contributed by atoms with E-state index in [2.05, 4.69) is 10.3 Å². The summed E-state index contributed by atoms with van der Waals surface area (Å²) in [4.78, 5) is 15.9. The number of pyridine rings is 1. The molecule has 0 aromatic carbocycles. The highest BCUT2D eigenvalue weighted by Gasteiger charge is 2.12. The number of imidazole rings is 1. The quantitative estimate of drug-likeness (QED) is 0.775. The van der Waals surface area contributed by atoms with Crippen molar-refractivity contribution in [3.05, 3.63) is 36.3 Å². The van der Waals surface area contributed by atoms with Crippen LogP contribution in [0.2, 0.25) is 0 Å². The molecule has 0 radical (unpaired) electrons. The molecule has 1 atom stereocenters. The van der Waals surface area contributed by atoms with Crippen LogP contribution in [-0.2, 0) is 16.1 Å². The fourth-order valence-corrected chi connectivity index (χ4v) is 1.64. The summed E-state index contributed by atoms with van der Waals surface area (Å²) >= 11 is 0. The Hall–Kier alpha value is -1.92. The molecule has 1 amide bonds. The van der Waals surface area contributed by atoms with E-state index in [0.29, 0.717) is 6.54 Å². The summed E-state index contributed by atoms with van der Waals surface area (Å²) < 4.78 is 6.72. The van der Waals surface area contributed by atoms with Crippen molar-refractivity contribution in [3.8, 4) is 0 Å². The number of hydrogen-bond acceptors (Lipinski definition) is 4. The first-order valence-electron chi connectivity index (χ1n) is 5.65. The molecule has 0 aliphatic heterocycles. The van der Waals surface area contributed by atoms with Crippen LogP contribution in [-0.4, -0.2) is 35.1 Å². The highest BCUT2D eigenvalue weighted by Crippen LogP contribution is 2.03. The van der Waals surface area contributed by atoms with Gasteiger partial charge in [0.15, 0.2) is 0 Å². The molecule has 2 aromatic rings. The van der Waals surface area contributed by atoms with E-state index in [-0.39, 0.29) is 12.5 Å². The zero-order valence-corrected chi connectivity index (χ0v) is 10.2. The van der Waals surface area contributed by atoms with Crippen molar-refractivity contribution in [1.82, 2.24) is 14.7 Å². The van der Waals surface area contributed by atoms with Crippen molar-refractivity contribution < 1.29 is 9.53 Å². The number of carbonyl (C=O) groups is 1. The van der Waals surface area contributed by atoms with Crippen LogP contribution >= 0.6 is 0 Å². The van der Waals surface area contributed by atoms with Gasteiger partial charge in [-0.3, -0.25) is 4.79 Å². The first-order chi connectivity index (χ1) is 8.70. The molecule has 0 aliphatic rings. The topological polar surface area (TPSA) is 81.6 Å². The summed E-state index contributed by atoms with van der Waals surface area (Å²) in [6.07, 6.45) is 3.78. The maximum absolute atomic E-state index is 11.6. The molecule has 6 nitrogen and oxygen atoms in total. The van der Waals surface area contributed by atoms with Crippen molar-refractivity contribution in [3.63, 3.8) is 0 Å². The van der Waals surface area contributed by atoms with Crippen molar-refractivity contribution >= 4 is 11.6 Å². The van der Waals surface area contributed by atoms with Crippen LogP contribution < -0.4 is 11.1 Å². The molecular formula is C12H16N4O2. The molecule has 6 heteroatoms. The van der Waals surface area contributed by atoms with Gasteiger partial charge in [-0.1, -0.05) is 6.07 Å². The molecule has 1 unspecified atom stereocenters. The fraction of sp³-hybridized carbons (Fsp3) is 0.333. The lowest BCUT2D eigenvalue weighted by molar-refractivity contribution is -0.123. The van der Waals surface area contributed by atoms with E-state index in [0.717, 1.165) is 11.3 Å². The number of methoxy groups -OCH3 is 1. The summed E-state index contributed by atoms with van der Waals surface area (Å²) in [7, 11) is 1.51. The van der Waals surface area contributed by atoms with Crippen LogP contribution in [0.5, 0.6) is 0 Å². The van der Waals surface area contributed by atoms with E-state index < -0.39 is 6.04 Å². The Balaban J connectivity index is 1.95. The van der Waals surface area contributed by atoms with Gasteiger partial charge in [0.2, 0.25) is 5.91 Å². The average molecular weight is 248 g/mol. The van der Waals surface area contributed by atoms with E-state index in [1.807, 2.05) is 35.0 Å². The van der Waals surface area contributed by atoms with E-state index in [1.54, 1.807) is 0 Å². The number of aromatic nitrogens is 2. The third-order valence-corrected chi connectivity index (χ3v) is 2.54. The first-order valence-corrected chi connectivity index (χ1v) is 5.65. The summed E-state index contributed by atoms with van der Waals surface area (Å²) in [5.74, 6) is -0.242. The van der Waals surface area contributed by atoms with Crippen LogP contribution in [0.25, 0.3) is 5.65 Å². The smallest absolute Gasteiger partial charge is 0.239 e. The van der Waals surface area contributed by atoms with Gasteiger partial charge < -0.3 is 20.2 Å². The second-order valence-electron chi connectivity index (χ2n) is 3.98. The zero-order chi connectivity index (χ0) is 13.0. The number of amides is 1. The monoisotopic (exact) mass is 248 g/mol. The SMILES string of the molecule is COCC(N)C(=O)NCc1cn2ccccc2n1. The number of ether oxygens (including phenoxy) is 1. The van der Waals surface area contributed by atoms with Gasteiger partial charge >= 0.3 is 0 Å². The van der Waals surface area contributed by atoms with E-state index in [4.69, 9.17) is 10.5 Å². The molecule has 18 heavy (non-hydrogen) atoms. The number of hydrogen-bond donors (Lipinski definition) is 2. The lowest BCUT2D eigenvalue weighted by Gasteiger charge is -2.09. The predicted octanol–water partition coefficient (Wildman–Crippen LogP) is -0.0758. The van der Waals surface area contributed by atoms with Gasteiger partial charge in [0.05, 0.1) is 18.8 Å². The Labute approximate surface area is 105 Å². The number of nitrogens with two attached hydrogens (primary N) is 1. The Morgan fingerprint density at radius 2 is 2.44 bits per heavy atom. The molecule has 2 rings (SSSR count). The Morgan fingerprint density at radius 3 is 3.17 bits per heavy atom. The second kappa shape index (κ2) is 5.61. The normalized spacial score (nSPS) is 12.6. The van der Waals surface area contributed by atoms with E-state index in [9.17, 15) is 4.79 Å². The average Bonchev–Trinajstić information content (AvgIpc) is 2.78.